The van der Waals surface area contributed by atoms with E-state index in [0.29, 0.717) is 19.6 Å². The normalized spacial score (nSPS) is 12.6. The minimum absolute atomic E-state index is 0.0194. The smallest absolute Gasteiger partial charge is 0.239 e. The van der Waals surface area contributed by atoms with Gasteiger partial charge in [-0.15, -0.1) is 0 Å². The number of carbonyl (C=O) groups is 2. The van der Waals surface area contributed by atoms with Gasteiger partial charge in [0.25, 0.3) is 0 Å². The van der Waals surface area contributed by atoms with E-state index in [0.717, 1.165) is 18.6 Å². The Kier molecular flexibility index (Phi) is 5.60. The summed E-state index contributed by atoms with van der Waals surface area (Å²) in [6, 6.07) is 6.19. The van der Waals surface area contributed by atoms with Gasteiger partial charge in [0.1, 0.15) is 12.4 Å². The first-order chi connectivity index (χ1) is 10.2. The predicted octanol–water partition coefficient (Wildman–Crippen LogP) is 1.20. The summed E-state index contributed by atoms with van der Waals surface area (Å²) >= 11 is 0. The van der Waals surface area contributed by atoms with Gasteiger partial charge < -0.3 is 15.4 Å². The second-order valence-electron chi connectivity index (χ2n) is 5.11. The molecule has 0 heterocycles. The molecule has 1 aromatic carbocycles. The number of benzene rings is 1. The minimum atomic E-state index is -0.200. The Morgan fingerprint density at radius 1 is 1.14 bits per heavy atom. The first kappa shape index (κ1) is 15.4. The largest absolute Gasteiger partial charge is 0.492 e. The van der Waals surface area contributed by atoms with Crippen molar-refractivity contribution in [2.75, 3.05) is 19.7 Å². The van der Waals surface area contributed by atoms with Gasteiger partial charge in [0.2, 0.25) is 11.8 Å². The van der Waals surface area contributed by atoms with E-state index in [1.165, 1.54) is 17.5 Å². The Morgan fingerprint density at radius 2 is 1.95 bits per heavy atom. The number of hydrogen-bond donors (Lipinski definition) is 2. The molecular weight excluding hydrogens is 268 g/mol. The highest BCUT2D eigenvalue weighted by Crippen LogP contribution is 2.25. The van der Waals surface area contributed by atoms with Crippen LogP contribution in [-0.4, -0.2) is 31.5 Å². The number of carbonyl (C=O) groups excluding carboxylic acids is 2. The van der Waals surface area contributed by atoms with Crippen molar-refractivity contribution in [2.45, 2.75) is 32.6 Å². The summed E-state index contributed by atoms with van der Waals surface area (Å²) in [5, 5.41) is 5.23. The van der Waals surface area contributed by atoms with Gasteiger partial charge >= 0.3 is 0 Å². The second-order valence-corrected chi connectivity index (χ2v) is 5.11. The summed E-state index contributed by atoms with van der Waals surface area (Å²) < 4.78 is 5.63. The molecule has 2 rings (SSSR count). The summed E-state index contributed by atoms with van der Waals surface area (Å²) in [5.41, 5.74) is 2.79. The van der Waals surface area contributed by atoms with Crippen LogP contribution >= 0.6 is 0 Å². The van der Waals surface area contributed by atoms with E-state index in [-0.39, 0.29) is 18.4 Å². The maximum Gasteiger partial charge on any atom is 0.239 e. The summed E-state index contributed by atoms with van der Waals surface area (Å²) in [6.07, 6.45) is 3.89. The number of aryl methyl sites for hydroxylation is 2. The van der Waals surface area contributed by atoms with Crippen LogP contribution in [-0.2, 0) is 22.4 Å². The van der Waals surface area contributed by atoms with Gasteiger partial charge in [-0.25, -0.2) is 0 Å². The highest BCUT2D eigenvalue weighted by atomic mass is 16.5. The molecule has 0 aromatic heterocycles. The average molecular weight is 290 g/mol. The zero-order chi connectivity index (χ0) is 15.1. The lowest BCUT2D eigenvalue weighted by atomic mass is 10.1. The fourth-order valence-corrected chi connectivity index (χ4v) is 2.36. The van der Waals surface area contributed by atoms with Gasteiger partial charge in [-0.3, -0.25) is 9.59 Å². The quantitative estimate of drug-likeness (QED) is 0.741. The molecule has 2 amide bonds. The third kappa shape index (κ3) is 4.77. The number of ether oxygens (including phenoxy) is 1. The van der Waals surface area contributed by atoms with Crippen LogP contribution < -0.4 is 15.4 Å². The molecule has 0 unspecified atom stereocenters. The van der Waals surface area contributed by atoms with E-state index in [1.807, 2.05) is 6.07 Å². The van der Waals surface area contributed by atoms with Crippen molar-refractivity contribution in [1.82, 2.24) is 10.6 Å². The van der Waals surface area contributed by atoms with Crippen molar-refractivity contribution in [3.05, 3.63) is 29.3 Å². The first-order valence-corrected chi connectivity index (χ1v) is 7.47. The fourth-order valence-electron chi connectivity index (χ4n) is 2.36. The molecule has 0 atom stereocenters. The predicted molar refractivity (Wildman–Crippen MR) is 80.3 cm³/mol. The van der Waals surface area contributed by atoms with Crippen LogP contribution in [0.2, 0.25) is 0 Å². The molecule has 0 saturated heterocycles. The number of fused-ring (bicyclic) bond motifs is 1. The number of amides is 2. The van der Waals surface area contributed by atoms with E-state index in [1.54, 1.807) is 6.92 Å². The van der Waals surface area contributed by atoms with Crippen LogP contribution in [0, 0.1) is 0 Å². The molecule has 0 saturated carbocycles. The van der Waals surface area contributed by atoms with Crippen molar-refractivity contribution in [1.29, 1.82) is 0 Å². The highest BCUT2D eigenvalue weighted by Gasteiger charge is 2.11. The molecule has 5 nitrogen and oxygen atoms in total. The topological polar surface area (TPSA) is 67.4 Å². The van der Waals surface area contributed by atoms with Gasteiger partial charge in [-0.1, -0.05) is 13.0 Å². The Bertz CT molecular complexity index is 514. The van der Waals surface area contributed by atoms with Crippen LogP contribution in [0.4, 0.5) is 0 Å². The lowest BCUT2D eigenvalue weighted by Gasteiger charge is -2.09. The van der Waals surface area contributed by atoms with Crippen LogP contribution in [0.25, 0.3) is 0 Å². The summed E-state index contributed by atoms with van der Waals surface area (Å²) in [5.74, 6) is 0.526. The molecule has 0 aliphatic heterocycles. The standard InChI is InChI=1S/C16H22N2O3/c1-2-15(19)18-11-16(20)17-8-9-21-14-7-6-12-4-3-5-13(12)10-14/h6-7,10H,2-5,8-9,11H2,1H3,(H,17,20)(H,18,19). The Hall–Kier alpha value is -2.04. The maximum absolute atomic E-state index is 11.4. The highest BCUT2D eigenvalue weighted by molar-refractivity contribution is 5.84. The van der Waals surface area contributed by atoms with Gasteiger partial charge in [0, 0.05) is 6.42 Å². The molecule has 1 aliphatic rings. The average Bonchev–Trinajstić information content (AvgIpc) is 2.96. The molecule has 1 aromatic rings. The molecule has 0 fully saturated rings. The number of nitrogens with one attached hydrogen (secondary N) is 2. The first-order valence-electron chi connectivity index (χ1n) is 7.47. The van der Waals surface area contributed by atoms with Crippen molar-refractivity contribution in [2.24, 2.45) is 0 Å². The molecule has 0 bridgehead atoms. The monoisotopic (exact) mass is 290 g/mol. The molecule has 0 radical (unpaired) electrons. The summed E-state index contributed by atoms with van der Waals surface area (Å²) in [7, 11) is 0. The lowest BCUT2D eigenvalue weighted by molar-refractivity contribution is -0.125. The molecule has 0 spiro atoms. The van der Waals surface area contributed by atoms with Crippen LogP contribution in [0.5, 0.6) is 5.75 Å². The summed E-state index contributed by atoms with van der Waals surface area (Å²) in [6.45, 7) is 2.62. The molecule has 2 N–H and O–H groups in total. The summed E-state index contributed by atoms with van der Waals surface area (Å²) in [4.78, 5) is 22.5. The molecule has 1 aliphatic carbocycles. The van der Waals surface area contributed by atoms with E-state index in [4.69, 9.17) is 4.74 Å². The number of rotatable bonds is 7. The van der Waals surface area contributed by atoms with Gasteiger partial charge in [0.05, 0.1) is 13.1 Å². The van der Waals surface area contributed by atoms with E-state index in [2.05, 4.69) is 22.8 Å². The van der Waals surface area contributed by atoms with Crippen molar-refractivity contribution in [3.63, 3.8) is 0 Å². The third-order valence-electron chi connectivity index (χ3n) is 3.53. The van der Waals surface area contributed by atoms with Gasteiger partial charge in [-0.2, -0.15) is 0 Å². The third-order valence-corrected chi connectivity index (χ3v) is 3.53. The Morgan fingerprint density at radius 3 is 2.76 bits per heavy atom. The van der Waals surface area contributed by atoms with Crippen molar-refractivity contribution in [3.8, 4) is 5.75 Å². The maximum atomic E-state index is 11.4. The Balaban J connectivity index is 1.63. The van der Waals surface area contributed by atoms with Crippen molar-refractivity contribution < 1.29 is 14.3 Å². The molecule has 114 valence electrons. The second kappa shape index (κ2) is 7.67. The molecule has 21 heavy (non-hydrogen) atoms. The fraction of sp³-hybridized carbons (Fsp3) is 0.500. The SMILES string of the molecule is CCC(=O)NCC(=O)NCCOc1ccc2c(c1)CCC2. The van der Waals surface area contributed by atoms with E-state index in [9.17, 15) is 9.59 Å². The van der Waals surface area contributed by atoms with Gasteiger partial charge in [-0.05, 0) is 42.5 Å². The Labute approximate surface area is 125 Å². The van der Waals surface area contributed by atoms with E-state index < -0.39 is 0 Å². The van der Waals surface area contributed by atoms with Crippen LogP contribution in [0.3, 0.4) is 0 Å². The zero-order valence-electron chi connectivity index (χ0n) is 12.4. The minimum Gasteiger partial charge on any atom is -0.492 e. The van der Waals surface area contributed by atoms with Crippen molar-refractivity contribution >= 4 is 11.8 Å². The van der Waals surface area contributed by atoms with E-state index >= 15 is 0 Å². The molecular formula is C16H22N2O3. The number of hydrogen-bond acceptors (Lipinski definition) is 3. The molecule has 5 heteroatoms. The van der Waals surface area contributed by atoms with Crippen LogP contribution in [0.15, 0.2) is 18.2 Å². The lowest BCUT2D eigenvalue weighted by Crippen LogP contribution is -2.38. The zero-order valence-corrected chi connectivity index (χ0v) is 12.4. The van der Waals surface area contributed by atoms with Crippen LogP contribution in [0.1, 0.15) is 30.9 Å². The van der Waals surface area contributed by atoms with Gasteiger partial charge in [0.15, 0.2) is 0 Å².